The van der Waals surface area contributed by atoms with Gasteiger partial charge in [-0.05, 0) is 93.1 Å². The second-order valence-electron chi connectivity index (χ2n) is 11.7. The number of nitrogens with zero attached hydrogens (tertiary/aromatic N) is 1. The van der Waals surface area contributed by atoms with Crippen LogP contribution in [0, 0.1) is 11.8 Å². The van der Waals surface area contributed by atoms with Crippen molar-refractivity contribution in [3.05, 3.63) is 80.5 Å². The van der Waals surface area contributed by atoms with E-state index in [4.69, 9.17) is 14.5 Å². The van der Waals surface area contributed by atoms with Gasteiger partial charge in [-0.2, -0.15) is 0 Å². The number of esters is 2. The average Bonchev–Trinajstić information content (AvgIpc) is 3.66. The lowest BCUT2D eigenvalue weighted by atomic mass is 9.91. The van der Waals surface area contributed by atoms with Crippen molar-refractivity contribution in [3.8, 4) is 0 Å². The predicted octanol–water partition coefficient (Wildman–Crippen LogP) is 4.75. The summed E-state index contributed by atoms with van der Waals surface area (Å²) < 4.78 is 9.84. The number of carbonyl (C=O) groups excluding carboxylic acids is 4. The van der Waals surface area contributed by atoms with Crippen molar-refractivity contribution in [1.82, 2.24) is 16.0 Å². The molecular weight excluding hydrogens is 572 g/mol. The van der Waals surface area contributed by atoms with Crippen LogP contribution in [-0.4, -0.2) is 49.7 Å². The highest BCUT2D eigenvalue weighted by atomic mass is 16.5. The zero-order valence-corrected chi connectivity index (χ0v) is 27.5. The number of amides is 2. The van der Waals surface area contributed by atoms with Gasteiger partial charge in [0, 0.05) is 41.4 Å². The van der Waals surface area contributed by atoms with Crippen LogP contribution < -0.4 is 16.0 Å². The highest BCUT2D eigenvalue weighted by molar-refractivity contribution is 6.13. The fourth-order valence-electron chi connectivity index (χ4n) is 6.29. The van der Waals surface area contributed by atoms with Gasteiger partial charge in [-0.1, -0.05) is 19.9 Å². The maximum Gasteiger partial charge on any atom is 0.305 e. The molecule has 3 N–H and O–H groups in total. The van der Waals surface area contributed by atoms with E-state index in [1.807, 2.05) is 58.9 Å². The van der Waals surface area contributed by atoms with Crippen molar-refractivity contribution >= 4 is 29.5 Å². The average molecular weight is 617 g/mol. The fourth-order valence-corrected chi connectivity index (χ4v) is 6.29. The van der Waals surface area contributed by atoms with Crippen LogP contribution in [0.4, 0.5) is 0 Å². The monoisotopic (exact) mass is 616 g/mol. The van der Waals surface area contributed by atoms with E-state index in [2.05, 4.69) is 22.9 Å². The van der Waals surface area contributed by atoms with E-state index < -0.39 is 0 Å². The van der Waals surface area contributed by atoms with Crippen molar-refractivity contribution in [2.24, 2.45) is 16.8 Å². The smallest absolute Gasteiger partial charge is 0.305 e. The molecule has 0 spiro atoms. The molecule has 4 heterocycles. The SMILES string of the molecule is C/C=C1\C(=C\C2NC(/C=C3N=C(/C=C4\NC(=O)C(CC)=C4C)C(C)=C\3CCC(=O)OC)=C(CCC(=O)OC)C2C)NC(=O)C1C. The van der Waals surface area contributed by atoms with E-state index in [-0.39, 0.29) is 54.5 Å². The van der Waals surface area contributed by atoms with E-state index in [1.54, 1.807) is 0 Å². The molecule has 10 nitrogen and oxygen atoms in total. The Morgan fingerprint density at radius 1 is 0.911 bits per heavy atom. The number of rotatable bonds is 10. The first kappa shape index (κ1) is 33.4. The maximum atomic E-state index is 12.5. The summed E-state index contributed by atoms with van der Waals surface area (Å²) in [6, 6.07) is -0.149. The molecule has 1 fully saturated rings. The van der Waals surface area contributed by atoms with Gasteiger partial charge in [0.05, 0.1) is 37.6 Å². The second kappa shape index (κ2) is 14.1. The topological polar surface area (TPSA) is 135 Å². The van der Waals surface area contributed by atoms with Gasteiger partial charge in [0.1, 0.15) is 0 Å². The Balaban J connectivity index is 1.77. The van der Waals surface area contributed by atoms with Crippen LogP contribution in [0.2, 0.25) is 0 Å². The van der Waals surface area contributed by atoms with Crippen LogP contribution in [0.25, 0.3) is 0 Å². The van der Waals surface area contributed by atoms with Crippen molar-refractivity contribution in [2.45, 2.75) is 79.7 Å². The summed E-state index contributed by atoms with van der Waals surface area (Å²) in [5.74, 6) is -0.971. The Hall–Kier alpha value is -4.47. The Kier molecular flexibility index (Phi) is 10.5. The highest BCUT2D eigenvalue weighted by Crippen LogP contribution is 2.37. The summed E-state index contributed by atoms with van der Waals surface area (Å²) >= 11 is 0. The van der Waals surface area contributed by atoms with Crippen LogP contribution in [0.5, 0.6) is 0 Å². The minimum Gasteiger partial charge on any atom is -0.469 e. The molecule has 4 rings (SSSR count). The molecule has 0 aliphatic carbocycles. The third-order valence-corrected chi connectivity index (χ3v) is 9.16. The zero-order valence-electron chi connectivity index (χ0n) is 27.5. The Morgan fingerprint density at radius 2 is 1.58 bits per heavy atom. The van der Waals surface area contributed by atoms with Gasteiger partial charge in [0.2, 0.25) is 5.91 Å². The van der Waals surface area contributed by atoms with E-state index in [0.717, 1.165) is 44.8 Å². The molecule has 4 aliphatic rings. The Labute approximate surface area is 265 Å². The quantitative estimate of drug-likeness (QED) is 0.302. The van der Waals surface area contributed by atoms with Crippen LogP contribution >= 0.6 is 0 Å². The number of methoxy groups -OCH3 is 2. The van der Waals surface area contributed by atoms with Crippen LogP contribution in [0.1, 0.15) is 73.6 Å². The third-order valence-electron chi connectivity index (χ3n) is 9.16. The van der Waals surface area contributed by atoms with E-state index in [9.17, 15) is 19.2 Å². The zero-order chi connectivity index (χ0) is 33.0. The van der Waals surface area contributed by atoms with Crippen LogP contribution in [0.15, 0.2) is 85.5 Å². The molecule has 2 amide bonds. The molecule has 3 unspecified atom stereocenters. The van der Waals surface area contributed by atoms with Gasteiger partial charge in [0.15, 0.2) is 0 Å². The summed E-state index contributed by atoms with van der Waals surface area (Å²) in [4.78, 5) is 54.2. The number of nitrogens with one attached hydrogen (secondary N) is 3. The minimum absolute atomic E-state index is 0.00411. The first-order valence-corrected chi connectivity index (χ1v) is 15.5. The van der Waals surface area contributed by atoms with Gasteiger partial charge < -0.3 is 25.4 Å². The number of allylic oxidation sites excluding steroid dienone is 7. The number of carbonyl (C=O) groups is 4. The van der Waals surface area contributed by atoms with Gasteiger partial charge in [-0.25, -0.2) is 4.99 Å². The molecule has 10 heteroatoms. The van der Waals surface area contributed by atoms with Gasteiger partial charge in [-0.15, -0.1) is 0 Å². The number of hydrogen-bond donors (Lipinski definition) is 3. The normalized spacial score (nSPS) is 26.8. The lowest BCUT2D eigenvalue weighted by Gasteiger charge is -2.16. The van der Waals surface area contributed by atoms with Gasteiger partial charge in [0.25, 0.3) is 5.91 Å². The maximum absolute atomic E-state index is 12.5. The van der Waals surface area contributed by atoms with Gasteiger partial charge >= 0.3 is 11.9 Å². The van der Waals surface area contributed by atoms with Crippen LogP contribution in [0.3, 0.4) is 0 Å². The van der Waals surface area contributed by atoms with E-state index in [1.165, 1.54) is 14.2 Å². The molecule has 0 radical (unpaired) electrons. The minimum atomic E-state index is -0.319. The summed E-state index contributed by atoms with van der Waals surface area (Å²) in [6.07, 6.45) is 9.80. The second-order valence-corrected chi connectivity index (χ2v) is 11.7. The number of ether oxygens (including phenoxy) is 2. The number of hydrogen-bond acceptors (Lipinski definition) is 8. The number of aliphatic imine (C=N–C) groups is 1. The molecule has 0 saturated carbocycles. The molecular formula is C35H44N4O6. The molecule has 0 aromatic heterocycles. The highest BCUT2D eigenvalue weighted by Gasteiger charge is 2.34. The summed E-state index contributed by atoms with van der Waals surface area (Å²) in [7, 11) is 2.75. The molecule has 1 saturated heterocycles. The molecule has 4 aliphatic heterocycles. The first-order chi connectivity index (χ1) is 21.4. The summed E-state index contributed by atoms with van der Waals surface area (Å²) in [6.45, 7) is 11.8. The van der Waals surface area contributed by atoms with Crippen LogP contribution in [-0.2, 0) is 28.7 Å². The molecule has 240 valence electrons. The Morgan fingerprint density at radius 3 is 2.18 bits per heavy atom. The standard InChI is InChI=1S/C35H44N4O6/c1-9-22-21(6)34(42)39-29(22)16-27-20(5)25(12-14-33(41)45-8)31(37-27)17-30-24(11-13-32(40)44-7)19(4)26(36-30)15-28-18(3)23(10-2)35(43)38-28/h9,15-17,20-21,27,37H,10-14H2,1-8H3,(H,38,43)(H,39,42)/b22-9-,28-15-,29-16-,30-17-. The molecule has 0 aromatic rings. The van der Waals surface area contributed by atoms with Crippen molar-refractivity contribution in [1.29, 1.82) is 0 Å². The molecule has 3 atom stereocenters. The predicted molar refractivity (Wildman–Crippen MR) is 172 cm³/mol. The molecule has 45 heavy (non-hydrogen) atoms. The van der Waals surface area contributed by atoms with Gasteiger partial charge in [-0.3, -0.25) is 19.2 Å². The summed E-state index contributed by atoms with van der Waals surface area (Å²) in [5.41, 5.74) is 9.19. The molecule has 0 aromatic carbocycles. The van der Waals surface area contributed by atoms with Crippen molar-refractivity contribution in [2.75, 3.05) is 14.2 Å². The molecule has 0 bridgehead atoms. The van der Waals surface area contributed by atoms with Crippen molar-refractivity contribution < 1.29 is 28.7 Å². The third kappa shape index (κ3) is 6.95. The fraction of sp³-hybridized carbons (Fsp3) is 0.457. The lowest BCUT2D eigenvalue weighted by Crippen LogP contribution is -2.27. The van der Waals surface area contributed by atoms with E-state index >= 15 is 0 Å². The van der Waals surface area contributed by atoms with E-state index in [0.29, 0.717) is 36.4 Å². The largest absolute Gasteiger partial charge is 0.469 e. The lowest BCUT2D eigenvalue weighted by molar-refractivity contribution is -0.141. The summed E-state index contributed by atoms with van der Waals surface area (Å²) in [5, 5.41) is 9.59. The first-order valence-electron chi connectivity index (χ1n) is 15.5. The Bertz CT molecular complexity index is 1570. The van der Waals surface area contributed by atoms with Crippen molar-refractivity contribution in [3.63, 3.8) is 0 Å².